The molecule has 7 nitrogen and oxygen atoms in total. The lowest BCUT2D eigenvalue weighted by molar-refractivity contribution is 0.705. The third kappa shape index (κ3) is 4.05. The van der Waals surface area contributed by atoms with E-state index in [9.17, 15) is 4.79 Å². The molecule has 0 bridgehead atoms. The van der Waals surface area contributed by atoms with E-state index in [1.165, 1.54) is 12.3 Å². The minimum atomic E-state index is -0.395. The molecule has 0 radical (unpaired) electrons. The van der Waals surface area contributed by atoms with E-state index in [-0.39, 0.29) is 5.43 Å². The van der Waals surface area contributed by atoms with Gasteiger partial charge in [-0.2, -0.15) is 10.2 Å². The Morgan fingerprint density at radius 2 is 1.90 bits per heavy atom. The number of hydrogen-bond donors (Lipinski definition) is 2. The first-order valence-electron chi connectivity index (χ1n) is 9.67. The van der Waals surface area contributed by atoms with E-state index < -0.39 is 6.04 Å². The van der Waals surface area contributed by atoms with Crippen LogP contribution in [0.15, 0.2) is 84.0 Å². The van der Waals surface area contributed by atoms with Gasteiger partial charge in [-0.05, 0) is 55.1 Å². The fourth-order valence-electron chi connectivity index (χ4n) is 3.35. The number of rotatable bonds is 7. The van der Waals surface area contributed by atoms with E-state index >= 15 is 0 Å². The summed E-state index contributed by atoms with van der Waals surface area (Å²) in [5.74, 6) is 0. The first-order chi connectivity index (χ1) is 14.7. The van der Waals surface area contributed by atoms with Crippen molar-refractivity contribution in [2.75, 3.05) is 5.32 Å². The first kappa shape index (κ1) is 19.3. The molecule has 2 aromatic heterocycles. The molecule has 30 heavy (non-hydrogen) atoms. The first-order valence-corrected chi connectivity index (χ1v) is 9.67. The number of aryl methyl sites for hydroxylation is 1. The Bertz CT molecular complexity index is 1200. The largest absolute Gasteiger partial charge is 0.376 e. The Labute approximate surface area is 174 Å². The molecule has 0 aliphatic heterocycles. The van der Waals surface area contributed by atoms with Crippen molar-refractivity contribution in [3.8, 4) is 11.4 Å². The third-order valence-corrected chi connectivity index (χ3v) is 4.83. The maximum absolute atomic E-state index is 12.6. The molecule has 7 heteroatoms. The van der Waals surface area contributed by atoms with Crippen molar-refractivity contribution in [2.45, 2.75) is 19.4 Å². The van der Waals surface area contributed by atoms with Crippen LogP contribution in [0.25, 0.3) is 11.4 Å². The van der Waals surface area contributed by atoms with E-state index in [1.807, 2.05) is 67.7 Å². The maximum atomic E-state index is 12.6. The number of nitrogens with zero attached hydrogens (tertiary/aromatic N) is 4. The maximum Gasteiger partial charge on any atom is 0.205 e. The molecule has 1 atom stereocenters. The molecule has 4 rings (SSSR count). The van der Waals surface area contributed by atoms with Crippen LogP contribution in [0.4, 0.5) is 5.69 Å². The van der Waals surface area contributed by atoms with Crippen molar-refractivity contribution in [2.24, 2.45) is 0 Å². The third-order valence-electron chi connectivity index (χ3n) is 4.83. The zero-order valence-electron chi connectivity index (χ0n) is 16.6. The number of anilines is 1. The molecule has 0 aliphatic carbocycles. The summed E-state index contributed by atoms with van der Waals surface area (Å²) in [4.78, 5) is 12.6. The SMILES string of the molecule is Cc1cc(-n2cccn2)ccc1-n1ccc(=O)c(C(CC=N)Nc2ccccc2)n1. The van der Waals surface area contributed by atoms with Gasteiger partial charge in [-0.3, -0.25) is 4.79 Å². The molecule has 0 saturated carbocycles. The van der Waals surface area contributed by atoms with Crippen LogP contribution in [0, 0.1) is 12.3 Å². The fourth-order valence-corrected chi connectivity index (χ4v) is 3.35. The van der Waals surface area contributed by atoms with Gasteiger partial charge in [-0.15, -0.1) is 0 Å². The minimum Gasteiger partial charge on any atom is -0.376 e. The molecule has 150 valence electrons. The Morgan fingerprint density at radius 3 is 2.60 bits per heavy atom. The van der Waals surface area contributed by atoms with E-state index in [2.05, 4.69) is 15.5 Å². The molecule has 2 aromatic carbocycles. The highest BCUT2D eigenvalue weighted by molar-refractivity contribution is 5.57. The van der Waals surface area contributed by atoms with E-state index in [4.69, 9.17) is 5.41 Å². The van der Waals surface area contributed by atoms with Crippen LogP contribution in [0.2, 0.25) is 0 Å². The number of hydrogen-bond acceptors (Lipinski definition) is 5. The topological polar surface area (TPSA) is 88.6 Å². The summed E-state index contributed by atoms with van der Waals surface area (Å²) in [5.41, 5.74) is 3.92. The van der Waals surface area contributed by atoms with Gasteiger partial charge < -0.3 is 10.7 Å². The molecule has 2 heterocycles. The van der Waals surface area contributed by atoms with Crippen molar-refractivity contribution in [1.29, 1.82) is 5.41 Å². The predicted octanol–water partition coefficient (Wildman–Crippen LogP) is 3.92. The van der Waals surface area contributed by atoms with Gasteiger partial charge in [-0.1, -0.05) is 18.2 Å². The highest BCUT2D eigenvalue weighted by Gasteiger charge is 2.17. The van der Waals surface area contributed by atoms with Gasteiger partial charge in [0.1, 0.15) is 5.69 Å². The highest BCUT2D eigenvalue weighted by Crippen LogP contribution is 2.20. The average molecular weight is 398 g/mol. The van der Waals surface area contributed by atoms with Crippen LogP contribution >= 0.6 is 0 Å². The monoisotopic (exact) mass is 398 g/mol. The Morgan fingerprint density at radius 1 is 1.07 bits per heavy atom. The lowest BCUT2D eigenvalue weighted by Crippen LogP contribution is -2.24. The normalized spacial score (nSPS) is 11.8. The standard InChI is InChI=1S/C23H22N6O/c1-17-16-19(28-14-5-13-25-28)8-9-21(17)29-15-11-22(30)23(27-29)20(10-12-24)26-18-6-3-2-4-7-18/h2-9,11-16,20,24,26H,10H2,1H3. The van der Waals surface area contributed by atoms with Crippen molar-refractivity contribution < 1.29 is 0 Å². The van der Waals surface area contributed by atoms with Crippen molar-refractivity contribution >= 4 is 11.9 Å². The van der Waals surface area contributed by atoms with Gasteiger partial charge in [0.2, 0.25) is 5.43 Å². The number of benzene rings is 2. The lowest BCUT2D eigenvalue weighted by atomic mass is 10.1. The number of aromatic nitrogens is 4. The summed E-state index contributed by atoms with van der Waals surface area (Å²) in [6.45, 7) is 2.00. The summed E-state index contributed by atoms with van der Waals surface area (Å²) >= 11 is 0. The van der Waals surface area contributed by atoms with Crippen molar-refractivity contribution in [1.82, 2.24) is 19.6 Å². The second-order valence-corrected chi connectivity index (χ2v) is 6.93. The van der Waals surface area contributed by atoms with Gasteiger partial charge in [0.25, 0.3) is 0 Å². The summed E-state index contributed by atoms with van der Waals surface area (Å²) < 4.78 is 3.51. The Kier molecular flexibility index (Phi) is 5.52. The molecule has 0 aliphatic rings. The minimum absolute atomic E-state index is 0.160. The summed E-state index contributed by atoms with van der Waals surface area (Å²) in [7, 11) is 0. The molecule has 0 amide bonds. The number of nitrogens with one attached hydrogen (secondary N) is 2. The van der Waals surface area contributed by atoms with Crippen LogP contribution in [0.1, 0.15) is 23.7 Å². The van der Waals surface area contributed by atoms with Crippen LogP contribution in [-0.4, -0.2) is 25.8 Å². The smallest absolute Gasteiger partial charge is 0.205 e. The molecular formula is C23H22N6O. The fraction of sp³-hybridized carbons (Fsp3) is 0.130. The second-order valence-electron chi connectivity index (χ2n) is 6.93. The van der Waals surface area contributed by atoms with Crippen LogP contribution in [0.3, 0.4) is 0 Å². The Hall–Kier alpha value is -4.00. The summed E-state index contributed by atoms with van der Waals surface area (Å²) in [5, 5.41) is 19.8. The molecule has 0 spiro atoms. The molecule has 4 aromatic rings. The van der Waals surface area contributed by atoms with Crippen LogP contribution < -0.4 is 10.7 Å². The van der Waals surface area contributed by atoms with Crippen molar-refractivity contribution in [3.63, 3.8) is 0 Å². The zero-order valence-corrected chi connectivity index (χ0v) is 16.6. The van der Waals surface area contributed by atoms with Crippen LogP contribution in [0.5, 0.6) is 0 Å². The second kappa shape index (κ2) is 8.57. The summed E-state index contributed by atoms with van der Waals surface area (Å²) in [6, 6.07) is 18.6. The summed E-state index contributed by atoms with van der Waals surface area (Å²) in [6.07, 6.45) is 6.96. The van der Waals surface area contributed by atoms with E-state index in [1.54, 1.807) is 21.8 Å². The van der Waals surface area contributed by atoms with Gasteiger partial charge in [-0.25, -0.2) is 9.36 Å². The van der Waals surface area contributed by atoms with Gasteiger partial charge in [0.05, 0.1) is 17.4 Å². The van der Waals surface area contributed by atoms with E-state index in [0.717, 1.165) is 22.6 Å². The van der Waals surface area contributed by atoms with Crippen LogP contribution in [-0.2, 0) is 0 Å². The number of para-hydroxylation sites is 1. The highest BCUT2D eigenvalue weighted by atomic mass is 16.1. The van der Waals surface area contributed by atoms with Gasteiger partial charge in [0.15, 0.2) is 0 Å². The average Bonchev–Trinajstić information content (AvgIpc) is 3.30. The Balaban J connectivity index is 1.70. The van der Waals surface area contributed by atoms with Gasteiger partial charge in [0, 0.05) is 36.8 Å². The predicted molar refractivity (Wildman–Crippen MR) is 118 cm³/mol. The zero-order chi connectivity index (χ0) is 20.9. The molecule has 0 fully saturated rings. The van der Waals surface area contributed by atoms with E-state index in [0.29, 0.717) is 12.1 Å². The molecule has 1 unspecified atom stereocenters. The van der Waals surface area contributed by atoms with Gasteiger partial charge >= 0.3 is 0 Å². The lowest BCUT2D eigenvalue weighted by Gasteiger charge is -2.19. The molecular weight excluding hydrogens is 376 g/mol. The quantitative estimate of drug-likeness (QED) is 0.462. The molecule has 0 saturated heterocycles. The molecule has 2 N–H and O–H groups in total. The van der Waals surface area contributed by atoms with Crippen molar-refractivity contribution in [3.05, 3.63) is 101 Å².